The molecule has 2 aromatic carbocycles. The molecule has 1 saturated heterocycles. The molecule has 2 heterocycles. The number of benzene rings is 2. The summed E-state index contributed by atoms with van der Waals surface area (Å²) in [5.41, 5.74) is 11.4. The van der Waals surface area contributed by atoms with Crippen LogP contribution in [0.4, 0.5) is 5.69 Å². The molecule has 2 N–H and O–H groups in total. The number of nitrogens with two attached hydrogens (primary N) is 1. The van der Waals surface area contributed by atoms with Gasteiger partial charge in [-0.2, -0.15) is 0 Å². The zero-order valence-electron chi connectivity index (χ0n) is 19.3. The smallest absolute Gasteiger partial charge is 0.217 e. The molecule has 0 aliphatic carbocycles. The molecular weight excluding hydrogens is 396 g/mol. The van der Waals surface area contributed by atoms with E-state index in [0.717, 1.165) is 56.8 Å². The quantitative estimate of drug-likeness (QED) is 0.588. The van der Waals surface area contributed by atoms with Gasteiger partial charge >= 0.3 is 0 Å². The lowest BCUT2D eigenvalue weighted by molar-refractivity contribution is -0.118. The van der Waals surface area contributed by atoms with Gasteiger partial charge in [0.05, 0.1) is 5.52 Å². The molecule has 4 rings (SSSR count). The second-order valence-corrected chi connectivity index (χ2v) is 9.17. The van der Waals surface area contributed by atoms with Crippen molar-refractivity contribution in [3.05, 3.63) is 71.4 Å². The van der Waals surface area contributed by atoms with Crippen molar-refractivity contribution in [2.45, 2.75) is 33.1 Å². The van der Waals surface area contributed by atoms with E-state index in [1.807, 2.05) is 6.92 Å². The summed E-state index contributed by atoms with van der Waals surface area (Å²) in [5, 5.41) is 1.24. The fraction of sp³-hybridized carbons (Fsp3) is 0.407. The van der Waals surface area contributed by atoms with Crippen LogP contribution in [0.1, 0.15) is 30.2 Å². The first kappa shape index (κ1) is 22.3. The Morgan fingerprint density at radius 1 is 1.03 bits per heavy atom. The lowest BCUT2D eigenvalue weighted by atomic mass is 9.96. The third-order valence-electron chi connectivity index (χ3n) is 6.40. The summed E-state index contributed by atoms with van der Waals surface area (Å²) >= 11 is 0. The van der Waals surface area contributed by atoms with E-state index in [9.17, 15) is 4.79 Å². The van der Waals surface area contributed by atoms with E-state index in [1.54, 1.807) is 0 Å². The Morgan fingerprint density at radius 3 is 2.56 bits per heavy atom. The number of pyridine rings is 1. The molecule has 1 atom stereocenters. The van der Waals surface area contributed by atoms with Crippen molar-refractivity contribution in [3.8, 4) is 0 Å². The van der Waals surface area contributed by atoms with Crippen LogP contribution in [-0.4, -0.2) is 48.5 Å². The minimum Gasteiger partial charge on any atom is -0.370 e. The van der Waals surface area contributed by atoms with Crippen LogP contribution < -0.4 is 10.6 Å². The number of piperazine rings is 1. The van der Waals surface area contributed by atoms with E-state index in [4.69, 9.17) is 5.73 Å². The number of hydrogen-bond acceptors (Lipinski definition) is 4. The normalized spacial score (nSPS) is 15.8. The largest absolute Gasteiger partial charge is 0.370 e. The highest BCUT2D eigenvalue weighted by Gasteiger charge is 2.19. The molecule has 1 unspecified atom stereocenters. The van der Waals surface area contributed by atoms with Gasteiger partial charge in [-0.15, -0.1) is 0 Å². The first-order valence-electron chi connectivity index (χ1n) is 11.7. The van der Waals surface area contributed by atoms with Crippen LogP contribution in [0.5, 0.6) is 0 Å². The van der Waals surface area contributed by atoms with E-state index < -0.39 is 0 Å². The van der Waals surface area contributed by atoms with Gasteiger partial charge in [0.2, 0.25) is 5.91 Å². The van der Waals surface area contributed by atoms with Crippen molar-refractivity contribution in [1.29, 1.82) is 0 Å². The molecule has 1 aromatic heterocycles. The molecule has 0 radical (unpaired) electrons. The third kappa shape index (κ3) is 5.65. The van der Waals surface area contributed by atoms with Crippen molar-refractivity contribution in [2.24, 2.45) is 11.7 Å². The molecule has 3 aromatic rings. The fourth-order valence-corrected chi connectivity index (χ4v) is 4.75. The van der Waals surface area contributed by atoms with E-state index in [1.165, 1.54) is 22.2 Å². The minimum atomic E-state index is -0.220. The third-order valence-corrected chi connectivity index (χ3v) is 6.40. The van der Waals surface area contributed by atoms with Crippen molar-refractivity contribution in [2.75, 3.05) is 37.6 Å². The number of fused-ring (bicyclic) bond motifs is 1. The monoisotopic (exact) mass is 430 g/mol. The van der Waals surface area contributed by atoms with Gasteiger partial charge in [-0.3, -0.25) is 14.7 Å². The van der Waals surface area contributed by atoms with E-state index in [0.29, 0.717) is 6.42 Å². The molecule has 0 saturated carbocycles. The molecule has 5 nitrogen and oxygen atoms in total. The number of hydrogen-bond donors (Lipinski definition) is 1. The summed E-state index contributed by atoms with van der Waals surface area (Å²) < 4.78 is 0. The summed E-state index contributed by atoms with van der Waals surface area (Å²) in [4.78, 5) is 20.9. The standard InChI is InChI=1S/C27H34N4O/c1-20(18-27(28)32)17-23-6-3-5-22(19-23)11-12-30-13-15-31(16-14-30)26-8-4-7-25-24(26)10-9-21(2)29-25/h3-10,19-20H,11-18H2,1-2H3,(H2,28,32). The zero-order chi connectivity index (χ0) is 22.5. The molecular formula is C27H34N4O. The molecule has 168 valence electrons. The van der Waals surface area contributed by atoms with Crippen LogP contribution >= 0.6 is 0 Å². The molecule has 32 heavy (non-hydrogen) atoms. The highest BCUT2D eigenvalue weighted by molar-refractivity contribution is 5.92. The highest BCUT2D eigenvalue weighted by atomic mass is 16.1. The predicted molar refractivity (Wildman–Crippen MR) is 132 cm³/mol. The van der Waals surface area contributed by atoms with Gasteiger partial charge in [0.25, 0.3) is 0 Å². The summed E-state index contributed by atoms with van der Waals surface area (Å²) in [6.07, 6.45) is 2.39. The van der Waals surface area contributed by atoms with E-state index in [-0.39, 0.29) is 11.8 Å². The maximum Gasteiger partial charge on any atom is 0.217 e. The number of carbonyl (C=O) groups excluding carboxylic acids is 1. The van der Waals surface area contributed by atoms with E-state index >= 15 is 0 Å². The number of aryl methyl sites for hydroxylation is 1. The first-order chi connectivity index (χ1) is 15.5. The van der Waals surface area contributed by atoms with Gasteiger partial charge in [0.1, 0.15) is 0 Å². The predicted octanol–water partition coefficient (Wildman–Crippen LogP) is 3.96. The van der Waals surface area contributed by atoms with Crippen molar-refractivity contribution < 1.29 is 4.79 Å². The van der Waals surface area contributed by atoms with Gasteiger partial charge in [-0.25, -0.2) is 0 Å². The average Bonchev–Trinajstić information content (AvgIpc) is 2.77. The first-order valence-corrected chi connectivity index (χ1v) is 11.7. The lowest BCUT2D eigenvalue weighted by Gasteiger charge is -2.36. The Labute approximate surface area is 191 Å². The summed E-state index contributed by atoms with van der Waals surface area (Å²) in [6.45, 7) is 9.43. The van der Waals surface area contributed by atoms with Gasteiger partial charge in [0, 0.05) is 55.9 Å². The van der Waals surface area contributed by atoms with Crippen molar-refractivity contribution in [1.82, 2.24) is 9.88 Å². The maximum absolute atomic E-state index is 11.1. The molecule has 1 fully saturated rings. The number of anilines is 1. The Bertz CT molecular complexity index is 1070. The number of carbonyl (C=O) groups is 1. The molecule has 5 heteroatoms. The SMILES string of the molecule is Cc1ccc2c(N3CCN(CCc4cccc(CC(C)CC(N)=O)c4)CC3)cccc2n1. The molecule has 1 aliphatic heterocycles. The Morgan fingerprint density at radius 2 is 1.78 bits per heavy atom. The number of amides is 1. The minimum absolute atomic E-state index is 0.220. The number of nitrogens with zero attached hydrogens (tertiary/aromatic N) is 3. The molecule has 1 amide bonds. The summed E-state index contributed by atoms with van der Waals surface area (Å²) in [5.74, 6) is 0.0617. The second-order valence-electron chi connectivity index (χ2n) is 9.17. The van der Waals surface area contributed by atoms with Crippen LogP contribution in [-0.2, 0) is 17.6 Å². The second kappa shape index (κ2) is 10.1. The topological polar surface area (TPSA) is 62.5 Å². The maximum atomic E-state index is 11.1. The molecule has 1 aliphatic rings. The summed E-state index contributed by atoms with van der Waals surface area (Å²) in [7, 11) is 0. The Kier molecular flexibility index (Phi) is 7.05. The zero-order valence-corrected chi connectivity index (χ0v) is 19.3. The Hall–Kier alpha value is -2.92. The molecule has 0 spiro atoms. The van der Waals surface area contributed by atoms with Crippen molar-refractivity contribution >= 4 is 22.5 Å². The number of aromatic nitrogens is 1. The average molecular weight is 431 g/mol. The van der Waals surface area contributed by atoms with Crippen LogP contribution in [0.25, 0.3) is 10.9 Å². The van der Waals surface area contributed by atoms with Gasteiger partial charge in [-0.05, 0) is 61.1 Å². The summed E-state index contributed by atoms with van der Waals surface area (Å²) in [6, 6.07) is 19.5. The molecule has 0 bridgehead atoms. The van der Waals surface area contributed by atoms with Gasteiger partial charge < -0.3 is 10.6 Å². The van der Waals surface area contributed by atoms with Crippen LogP contribution in [0, 0.1) is 12.8 Å². The lowest BCUT2D eigenvalue weighted by Crippen LogP contribution is -2.47. The Balaban J connectivity index is 1.31. The van der Waals surface area contributed by atoms with Crippen LogP contribution in [0.3, 0.4) is 0 Å². The highest BCUT2D eigenvalue weighted by Crippen LogP contribution is 2.27. The van der Waals surface area contributed by atoms with Crippen LogP contribution in [0.15, 0.2) is 54.6 Å². The van der Waals surface area contributed by atoms with Gasteiger partial charge in [0.15, 0.2) is 0 Å². The fourth-order valence-electron chi connectivity index (χ4n) is 4.75. The number of rotatable bonds is 8. The van der Waals surface area contributed by atoms with Gasteiger partial charge in [-0.1, -0.05) is 37.3 Å². The van der Waals surface area contributed by atoms with Crippen LogP contribution in [0.2, 0.25) is 0 Å². The number of primary amides is 1. The van der Waals surface area contributed by atoms with E-state index in [2.05, 4.69) is 76.3 Å². The van der Waals surface area contributed by atoms with Crippen molar-refractivity contribution in [3.63, 3.8) is 0 Å².